The summed E-state index contributed by atoms with van der Waals surface area (Å²) in [4.78, 5) is 27.6. The average Bonchev–Trinajstić information content (AvgIpc) is 2.56. The van der Waals surface area contributed by atoms with Gasteiger partial charge in [0.2, 0.25) is 0 Å². The van der Waals surface area contributed by atoms with E-state index in [1.807, 2.05) is 0 Å². The molecule has 1 aromatic carbocycles. The molecule has 132 valence electrons. The van der Waals surface area contributed by atoms with E-state index in [-0.39, 0.29) is 10.8 Å². The number of amides is 1. The number of anilines is 1. The molecule has 1 atom stereocenters. The van der Waals surface area contributed by atoms with Gasteiger partial charge in [-0.05, 0) is 37.3 Å². The molecular formula is C16H13Cl2FN2O4. The van der Waals surface area contributed by atoms with Gasteiger partial charge in [-0.1, -0.05) is 23.2 Å². The van der Waals surface area contributed by atoms with Gasteiger partial charge in [-0.25, -0.2) is 14.2 Å². The molecule has 6 nitrogen and oxygen atoms in total. The fourth-order valence-corrected chi connectivity index (χ4v) is 2.11. The van der Waals surface area contributed by atoms with E-state index in [1.165, 1.54) is 43.5 Å². The molecule has 1 aromatic heterocycles. The van der Waals surface area contributed by atoms with E-state index in [9.17, 15) is 14.0 Å². The number of ether oxygens (including phenoxy) is 2. The van der Waals surface area contributed by atoms with E-state index < -0.39 is 30.4 Å². The Balaban J connectivity index is 1.83. The molecule has 0 saturated carbocycles. The van der Waals surface area contributed by atoms with E-state index >= 15 is 0 Å². The number of rotatable bonds is 6. The fraction of sp³-hybridized carbons (Fsp3) is 0.188. The van der Waals surface area contributed by atoms with Crippen LogP contribution in [0.15, 0.2) is 36.5 Å². The van der Waals surface area contributed by atoms with Crippen LogP contribution in [-0.2, 0) is 14.3 Å². The van der Waals surface area contributed by atoms with E-state index in [2.05, 4.69) is 10.3 Å². The Labute approximate surface area is 152 Å². The molecule has 1 N–H and O–H groups in total. The van der Waals surface area contributed by atoms with Gasteiger partial charge in [0, 0.05) is 6.20 Å². The van der Waals surface area contributed by atoms with Crippen molar-refractivity contribution in [1.82, 2.24) is 4.98 Å². The molecule has 1 amide bonds. The second kappa shape index (κ2) is 8.64. The average molecular weight is 387 g/mol. The van der Waals surface area contributed by atoms with Gasteiger partial charge in [-0.2, -0.15) is 0 Å². The first-order valence-electron chi connectivity index (χ1n) is 7.05. The van der Waals surface area contributed by atoms with Gasteiger partial charge >= 0.3 is 5.97 Å². The molecule has 0 aliphatic heterocycles. The number of hydrogen-bond acceptors (Lipinski definition) is 5. The third-order valence-electron chi connectivity index (χ3n) is 2.90. The summed E-state index contributed by atoms with van der Waals surface area (Å²) >= 11 is 11.6. The number of hydrogen-bond donors (Lipinski definition) is 1. The Bertz CT molecular complexity index is 771. The minimum absolute atomic E-state index is 0.0986. The molecule has 25 heavy (non-hydrogen) atoms. The summed E-state index contributed by atoms with van der Waals surface area (Å²) in [6.45, 7) is 0.957. The first-order chi connectivity index (χ1) is 11.8. The van der Waals surface area contributed by atoms with Crippen molar-refractivity contribution in [2.24, 2.45) is 0 Å². The van der Waals surface area contributed by atoms with Crippen molar-refractivity contribution in [2.75, 3.05) is 11.9 Å². The number of aromatic nitrogens is 1. The molecule has 0 aliphatic rings. The molecule has 0 aliphatic carbocycles. The Morgan fingerprint density at radius 2 is 1.96 bits per heavy atom. The number of nitrogens with zero attached hydrogens (tertiary/aromatic N) is 1. The lowest BCUT2D eigenvalue weighted by atomic mass is 10.3. The van der Waals surface area contributed by atoms with Gasteiger partial charge in [0.05, 0.1) is 10.0 Å². The molecule has 2 rings (SSSR count). The molecule has 9 heteroatoms. The summed E-state index contributed by atoms with van der Waals surface area (Å²) in [5.74, 6) is -1.40. The fourth-order valence-electron chi connectivity index (χ4n) is 1.68. The van der Waals surface area contributed by atoms with Gasteiger partial charge in [-0.15, -0.1) is 0 Å². The van der Waals surface area contributed by atoms with Crippen LogP contribution in [0.2, 0.25) is 10.0 Å². The SMILES string of the molecule is C[C@H](OC(=O)COc1ccc(F)cc1)C(=O)Nc1ncc(Cl)cc1Cl. The van der Waals surface area contributed by atoms with Crippen LogP contribution in [-0.4, -0.2) is 29.6 Å². The van der Waals surface area contributed by atoms with Crippen molar-refractivity contribution >= 4 is 40.9 Å². The maximum atomic E-state index is 12.8. The monoisotopic (exact) mass is 386 g/mol. The predicted molar refractivity (Wildman–Crippen MR) is 90.3 cm³/mol. The zero-order valence-corrected chi connectivity index (χ0v) is 14.5. The van der Waals surface area contributed by atoms with Crippen molar-refractivity contribution in [3.63, 3.8) is 0 Å². The van der Waals surface area contributed by atoms with Crippen molar-refractivity contribution in [3.05, 3.63) is 52.4 Å². The molecule has 0 fully saturated rings. The molecule has 0 radical (unpaired) electrons. The highest BCUT2D eigenvalue weighted by atomic mass is 35.5. The van der Waals surface area contributed by atoms with Crippen LogP contribution in [0.4, 0.5) is 10.2 Å². The second-order valence-electron chi connectivity index (χ2n) is 4.85. The van der Waals surface area contributed by atoms with Gasteiger partial charge in [-0.3, -0.25) is 4.79 Å². The molecule has 0 bridgehead atoms. The Morgan fingerprint density at radius 3 is 2.60 bits per heavy atom. The summed E-state index contributed by atoms with van der Waals surface area (Å²) in [6, 6.07) is 6.54. The number of esters is 1. The van der Waals surface area contributed by atoms with Crippen molar-refractivity contribution in [2.45, 2.75) is 13.0 Å². The highest BCUT2D eigenvalue weighted by Crippen LogP contribution is 2.22. The highest BCUT2D eigenvalue weighted by molar-refractivity contribution is 6.36. The van der Waals surface area contributed by atoms with Gasteiger partial charge in [0.15, 0.2) is 18.5 Å². The van der Waals surface area contributed by atoms with E-state index in [0.717, 1.165) is 0 Å². The van der Waals surface area contributed by atoms with Crippen LogP contribution in [0.1, 0.15) is 6.92 Å². The van der Waals surface area contributed by atoms with Crippen molar-refractivity contribution < 1.29 is 23.5 Å². The second-order valence-corrected chi connectivity index (χ2v) is 5.69. The lowest BCUT2D eigenvalue weighted by Crippen LogP contribution is -2.32. The number of halogens is 3. The maximum Gasteiger partial charge on any atom is 0.344 e. The minimum atomic E-state index is -1.10. The first-order valence-corrected chi connectivity index (χ1v) is 7.80. The predicted octanol–water partition coefficient (Wildman–Crippen LogP) is 3.48. The van der Waals surface area contributed by atoms with E-state index in [1.54, 1.807) is 0 Å². The normalized spacial score (nSPS) is 11.5. The molecule has 1 heterocycles. The number of nitrogens with one attached hydrogen (secondary N) is 1. The maximum absolute atomic E-state index is 12.8. The molecule has 0 spiro atoms. The standard InChI is InChI=1S/C16H13Cl2FN2O4/c1-9(16(23)21-15-13(18)6-10(17)7-20-15)25-14(22)8-24-12-4-2-11(19)3-5-12/h2-7,9H,8H2,1H3,(H,20,21,23)/t9-/m0/s1. The molecule has 0 saturated heterocycles. The smallest absolute Gasteiger partial charge is 0.344 e. The van der Waals surface area contributed by atoms with E-state index in [4.69, 9.17) is 32.7 Å². The van der Waals surface area contributed by atoms with Crippen LogP contribution in [0.25, 0.3) is 0 Å². The summed E-state index contributed by atoms with van der Waals surface area (Å²) in [5.41, 5.74) is 0. The van der Waals surface area contributed by atoms with Crippen molar-refractivity contribution in [3.8, 4) is 5.75 Å². The molecular weight excluding hydrogens is 374 g/mol. The van der Waals surface area contributed by atoms with Gasteiger partial charge < -0.3 is 14.8 Å². The van der Waals surface area contributed by atoms with Crippen LogP contribution in [0, 0.1) is 5.82 Å². The van der Waals surface area contributed by atoms with Crippen LogP contribution < -0.4 is 10.1 Å². The Hall–Kier alpha value is -2.38. The Kier molecular flexibility index (Phi) is 6.55. The zero-order valence-electron chi connectivity index (χ0n) is 13.0. The molecule has 0 unspecified atom stereocenters. The van der Waals surface area contributed by atoms with Gasteiger partial charge in [0.1, 0.15) is 11.6 Å². The minimum Gasteiger partial charge on any atom is -0.482 e. The van der Waals surface area contributed by atoms with Crippen LogP contribution >= 0.6 is 23.2 Å². The number of benzene rings is 1. The quantitative estimate of drug-likeness (QED) is 0.768. The van der Waals surface area contributed by atoms with Crippen LogP contribution in [0.3, 0.4) is 0 Å². The Morgan fingerprint density at radius 1 is 1.28 bits per heavy atom. The lowest BCUT2D eigenvalue weighted by Gasteiger charge is -2.14. The van der Waals surface area contributed by atoms with Crippen LogP contribution in [0.5, 0.6) is 5.75 Å². The summed E-state index contributed by atoms with van der Waals surface area (Å²) < 4.78 is 22.8. The largest absolute Gasteiger partial charge is 0.482 e. The zero-order chi connectivity index (χ0) is 18.4. The number of pyridine rings is 1. The van der Waals surface area contributed by atoms with Gasteiger partial charge in [0.25, 0.3) is 5.91 Å². The summed E-state index contributed by atoms with van der Waals surface area (Å²) in [5, 5.41) is 2.89. The first kappa shape index (κ1) is 19.0. The lowest BCUT2D eigenvalue weighted by molar-refractivity contribution is -0.155. The number of carbonyl (C=O) groups is 2. The topological polar surface area (TPSA) is 77.5 Å². The molecule has 2 aromatic rings. The van der Waals surface area contributed by atoms with E-state index in [0.29, 0.717) is 10.8 Å². The van der Waals surface area contributed by atoms with Crippen molar-refractivity contribution in [1.29, 1.82) is 0 Å². The highest BCUT2D eigenvalue weighted by Gasteiger charge is 2.19. The summed E-state index contributed by atoms with van der Waals surface area (Å²) in [7, 11) is 0. The summed E-state index contributed by atoms with van der Waals surface area (Å²) in [6.07, 6.45) is 0.217. The number of carbonyl (C=O) groups excluding carboxylic acids is 2. The third kappa shape index (κ3) is 5.88. The third-order valence-corrected chi connectivity index (χ3v) is 3.39.